The zero-order valence-electron chi connectivity index (χ0n) is 78.9. The lowest BCUT2D eigenvalue weighted by Crippen LogP contribution is -2.41. The summed E-state index contributed by atoms with van der Waals surface area (Å²) in [4.78, 5) is 54.9. The molecule has 0 radical (unpaired) electrons. The predicted molar refractivity (Wildman–Crippen MR) is 546 cm³/mol. The van der Waals surface area contributed by atoms with Crippen LogP contribution >= 0.6 is 24.4 Å². The zero-order valence-corrected chi connectivity index (χ0v) is 85.5. The fourth-order valence-corrected chi connectivity index (χ4v) is 19.3. The number of alkyl halides is 3. The Morgan fingerprint density at radius 3 is 1.04 bits per heavy atom. The van der Waals surface area contributed by atoms with Crippen LogP contribution in [-0.4, -0.2) is 135 Å². The number of methoxy groups -OCH3 is 1. The first-order valence-electron chi connectivity index (χ1n) is 43.5. The maximum absolute atomic E-state index is 13.4. The summed E-state index contributed by atoms with van der Waals surface area (Å²) in [6, 6.07) is 101. The third kappa shape index (κ3) is 32.4. The maximum atomic E-state index is 13.4. The van der Waals surface area contributed by atoms with Crippen molar-refractivity contribution < 1.29 is 121 Å². The molecule has 14 aromatic carbocycles. The fourth-order valence-electron chi connectivity index (χ4n) is 13.3. The molecule has 14 aromatic rings. The van der Waals surface area contributed by atoms with E-state index in [9.17, 15) is 86.4 Å². The second-order valence-electron chi connectivity index (χ2n) is 32.4. The van der Waals surface area contributed by atoms with Crippen molar-refractivity contribution in [3.05, 3.63) is 459 Å². The molecule has 750 valence electrons. The number of aliphatic hydroxyl groups is 4. The normalized spacial score (nSPS) is 13.2. The molecule has 0 aliphatic carbocycles. The molecular weight excluding hydrogens is 1990 g/mol. The highest BCUT2D eigenvalue weighted by molar-refractivity contribution is 7.98. The largest absolute Gasteiger partial charge is 0.741 e. The SMILES string of the molecule is COc1ccc(C(O)(COS(=O)(=O)c2ccc(C)cc2)C(=O)c2ccc(CO)cc2)cc1.CSc1ccc(C(O)(COS(=O)(=O)c2ccc(C)cc2)C(=O)c2ccc(CS)cc2)cc1.Cc1ccc(S(=O)(=O)OC(C(=O)c2ccccc2)c2ccccc2)cc1.Cc1ccc(S(=O)(=O)OCC(O)(C(=O)c2ccccc2)c2ccccc2)cc1.Cc1ccc([S+](C)Cc2ccccc2C)cc1.O=S(=O)([O-])C(F)(F)F. The van der Waals surface area contributed by atoms with Crippen LogP contribution in [0, 0.1) is 41.5 Å². The number of rotatable bonds is 34. The van der Waals surface area contributed by atoms with Gasteiger partial charge in [0.2, 0.25) is 17.3 Å². The summed E-state index contributed by atoms with van der Waals surface area (Å²) < 4.78 is 186. The monoisotopic (exact) mass is 2100 g/mol. The lowest BCUT2D eigenvalue weighted by Gasteiger charge is -2.27. The van der Waals surface area contributed by atoms with Crippen molar-refractivity contribution in [3.8, 4) is 5.75 Å². The molecule has 143 heavy (non-hydrogen) atoms. The Hall–Kier alpha value is -12.2. The Labute approximate surface area is 844 Å². The number of thiol groups is 1. The van der Waals surface area contributed by atoms with Gasteiger partial charge in [-0.25, -0.2) is 12.6 Å². The number of benzene rings is 14. The molecule has 0 saturated heterocycles. The molecule has 35 heteroatoms. The van der Waals surface area contributed by atoms with Gasteiger partial charge in [0.1, 0.15) is 37.6 Å². The molecule has 5 unspecified atom stereocenters. The predicted octanol–water partition coefficient (Wildman–Crippen LogP) is 19.6. The number of Topliss-reactive ketones (excluding diaryl/α,β-unsaturated/α-hetero) is 4. The molecule has 0 fully saturated rings. The van der Waals surface area contributed by atoms with E-state index in [-0.39, 0.29) is 59.6 Å². The molecule has 0 aliphatic heterocycles. The van der Waals surface area contributed by atoms with Gasteiger partial charge >= 0.3 is 5.51 Å². The summed E-state index contributed by atoms with van der Waals surface area (Å²) >= 11 is 5.72. The second-order valence-corrected chi connectivity index (χ2v) is 43.4. The molecule has 14 rings (SSSR count). The number of aliphatic hydroxyl groups excluding tert-OH is 1. The van der Waals surface area contributed by atoms with Gasteiger partial charge in [0, 0.05) is 49.4 Å². The minimum absolute atomic E-state index is 0.0184. The molecule has 0 bridgehead atoms. The van der Waals surface area contributed by atoms with E-state index >= 15 is 0 Å². The van der Waals surface area contributed by atoms with Crippen molar-refractivity contribution in [1.29, 1.82) is 0 Å². The fraction of sp³-hybridized carbons (Fsp3) is 0.185. The van der Waals surface area contributed by atoms with Crippen molar-refractivity contribution in [2.75, 3.05) is 39.4 Å². The number of carbonyl (C=O) groups excluding carboxylic acids is 4. The number of hydrogen-bond donors (Lipinski definition) is 5. The van der Waals surface area contributed by atoms with Crippen LogP contribution in [0.1, 0.15) is 120 Å². The average Bonchev–Trinajstić information content (AvgIpc) is 0.782. The molecule has 0 aliphatic rings. The van der Waals surface area contributed by atoms with E-state index < -0.39 is 122 Å². The molecule has 5 atom stereocenters. The number of ether oxygens (including phenoxy) is 1. The van der Waals surface area contributed by atoms with E-state index in [1.807, 2.05) is 34.0 Å². The smallest absolute Gasteiger partial charge is 0.485 e. The molecule has 0 spiro atoms. The minimum atomic E-state index is -6.09. The summed E-state index contributed by atoms with van der Waals surface area (Å²) in [7, 11) is -21.0. The van der Waals surface area contributed by atoms with Crippen molar-refractivity contribution in [1.82, 2.24) is 0 Å². The molecule has 24 nitrogen and oxygen atoms in total. The zero-order chi connectivity index (χ0) is 105. The number of aryl methyl sites for hydroxylation is 6. The van der Waals surface area contributed by atoms with Crippen LogP contribution in [0.2, 0.25) is 0 Å². The Morgan fingerprint density at radius 1 is 0.392 bits per heavy atom. The second kappa shape index (κ2) is 51.8. The van der Waals surface area contributed by atoms with E-state index in [0.29, 0.717) is 39.1 Å². The molecule has 0 aromatic heterocycles. The van der Waals surface area contributed by atoms with E-state index in [1.165, 1.54) is 113 Å². The van der Waals surface area contributed by atoms with Gasteiger partial charge in [-0.15, -0.1) is 11.8 Å². The molecule has 0 saturated carbocycles. The van der Waals surface area contributed by atoms with Crippen molar-refractivity contribution >= 4 is 109 Å². The highest BCUT2D eigenvalue weighted by Gasteiger charge is 2.45. The Kier molecular flexibility index (Phi) is 41.5. The molecule has 0 amide bonds. The first-order chi connectivity index (χ1) is 67.6. The molecule has 4 N–H and O–H groups in total. The third-order valence-corrected chi connectivity index (χ3v) is 30.4. The number of hydrogen-bond acceptors (Lipinski definition) is 26. The number of ketones is 4. The van der Waals surface area contributed by atoms with Gasteiger partial charge in [0.05, 0.1) is 33.3 Å². The first kappa shape index (κ1) is 114. The van der Waals surface area contributed by atoms with Gasteiger partial charge in [-0.05, 0) is 172 Å². The van der Waals surface area contributed by atoms with Crippen LogP contribution in [0.4, 0.5) is 13.2 Å². The summed E-state index contributed by atoms with van der Waals surface area (Å²) in [5, 5.41) is 43.3. The highest BCUT2D eigenvalue weighted by Crippen LogP contribution is 2.36. The van der Waals surface area contributed by atoms with E-state index in [4.69, 9.17) is 34.4 Å². The average molecular weight is 2100 g/mol. The first-order valence-corrected chi connectivity index (χ1v) is 54.2. The summed E-state index contributed by atoms with van der Waals surface area (Å²) in [5.41, 5.74) is -0.812. The summed E-state index contributed by atoms with van der Waals surface area (Å²) in [5.74, 6) is -0.289. The van der Waals surface area contributed by atoms with Crippen LogP contribution in [0.25, 0.3) is 0 Å². The Bertz CT molecular complexity index is 6970. The number of carbonyl (C=O) groups is 4. The van der Waals surface area contributed by atoms with Gasteiger partial charge in [0.25, 0.3) is 40.5 Å². The highest BCUT2D eigenvalue weighted by atomic mass is 32.2. The maximum Gasteiger partial charge on any atom is 0.485 e. The van der Waals surface area contributed by atoms with Gasteiger partial charge < -0.3 is 29.7 Å². The van der Waals surface area contributed by atoms with Gasteiger partial charge in [0.15, 0.2) is 43.7 Å². The van der Waals surface area contributed by atoms with Gasteiger partial charge in [-0.3, -0.25) is 31.7 Å². The number of halogens is 3. The number of thioether (sulfide) groups is 1. The van der Waals surface area contributed by atoms with Crippen LogP contribution in [0.15, 0.2) is 393 Å². The standard InChI is InChI=1S/C24H24O7S.C24H24O5S3.C22H20O5S.C21H18O4S.C16H19S.CHF3O3S/c1-17-3-13-22(14-4-17)32(28,29)31-16-24(27,20-9-11-21(30-2)12-10-20)23(26)19-7-5-18(15-25)6-8-19;1-17-3-13-22(14-4-17)32(27,28)29-16-24(26,20-9-11-21(31-2)12-10-20)23(25)19-7-5-18(15-30)6-8-19;1-17-12-14-20(15-13-17)28(25,26)27-16-22(24,19-10-6-3-7-11-19)21(23)18-8-4-2-5-9-18;1-16-12-14-19(15-13-16)26(23,24)25-21(18-10-6-3-7-11-18)20(22)17-8-4-2-5-9-17;1-13-8-10-16(11-9-13)17(3)12-15-7-5-4-6-14(15)2;2-1(3,4)8(5,6)7/h3-14,25,27H,15-16H2,1-2H3;3-14,26,30H,15-16H2,1-2H3;2-15,24H,16H2,1H3;2-15,21H,1H3;4-11H,12H2,1-3H3;(H,5,6,7)/q;;;;+1;/p-1. The van der Waals surface area contributed by atoms with Crippen molar-refractivity contribution in [2.24, 2.45) is 0 Å². The Balaban J connectivity index is 0.000000197. The van der Waals surface area contributed by atoms with Crippen LogP contribution in [0.3, 0.4) is 0 Å². The lowest BCUT2D eigenvalue weighted by molar-refractivity contribution is -0.0518. The minimum Gasteiger partial charge on any atom is -0.741 e. The van der Waals surface area contributed by atoms with Crippen molar-refractivity contribution in [3.63, 3.8) is 0 Å². The van der Waals surface area contributed by atoms with Gasteiger partial charge in [-0.1, -0.05) is 307 Å². The summed E-state index contributed by atoms with van der Waals surface area (Å²) in [6.07, 6.45) is 2.99. The van der Waals surface area contributed by atoms with Crippen LogP contribution < -0.4 is 4.74 Å². The van der Waals surface area contributed by atoms with E-state index in [2.05, 4.69) is 81.3 Å². The Morgan fingerprint density at radius 2 is 0.699 bits per heavy atom. The topological polar surface area (TPSA) is 389 Å². The summed E-state index contributed by atoms with van der Waals surface area (Å²) in [6.45, 7) is 9.18. The quantitative estimate of drug-likeness (QED) is 0.00475. The van der Waals surface area contributed by atoms with E-state index in [1.54, 1.807) is 243 Å². The third-order valence-electron chi connectivity index (χ3n) is 21.8. The molecular formula is C108H105F3O24S8. The van der Waals surface area contributed by atoms with E-state index in [0.717, 1.165) is 38.5 Å². The van der Waals surface area contributed by atoms with Gasteiger partial charge in [-0.2, -0.15) is 59.5 Å². The van der Waals surface area contributed by atoms with Crippen LogP contribution in [0.5, 0.6) is 5.75 Å². The molecule has 0 heterocycles. The lowest BCUT2D eigenvalue weighted by atomic mass is 9.86. The van der Waals surface area contributed by atoms with Crippen molar-refractivity contribution in [2.45, 2.75) is 117 Å². The van der Waals surface area contributed by atoms with Crippen LogP contribution in [-0.2, 0) is 113 Å².